The molecule has 2 amide bonds. The molecule has 1 aromatic rings. The molecule has 1 aromatic carbocycles. The van der Waals surface area contributed by atoms with Crippen LogP contribution in [0.1, 0.15) is 39.2 Å². The van der Waals surface area contributed by atoms with Gasteiger partial charge < -0.3 is 9.16 Å². The molecule has 148 valence electrons. The van der Waals surface area contributed by atoms with E-state index in [0.717, 1.165) is 5.56 Å². The lowest BCUT2D eigenvalue weighted by molar-refractivity contribution is -0.131. The summed E-state index contributed by atoms with van der Waals surface area (Å²) in [5, 5.41) is 0.0596. The van der Waals surface area contributed by atoms with Gasteiger partial charge in [-0.15, -0.1) is 0 Å². The van der Waals surface area contributed by atoms with Gasteiger partial charge in [-0.25, -0.2) is 9.69 Å². The number of imide groups is 1. The molecule has 0 aromatic heterocycles. The van der Waals surface area contributed by atoms with Crippen LogP contribution >= 0.6 is 0 Å². The number of hydrogen-bond acceptors (Lipinski definition) is 4. The average molecular weight is 390 g/mol. The number of benzene rings is 1. The predicted octanol–water partition coefficient (Wildman–Crippen LogP) is 4.89. The summed E-state index contributed by atoms with van der Waals surface area (Å²) in [5.41, 5.74) is 0.887. The zero-order valence-corrected chi connectivity index (χ0v) is 18.0. The van der Waals surface area contributed by atoms with E-state index in [1.807, 2.05) is 42.5 Å². The van der Waals surface area contributed by atoms with E-state index in [1.165, 1.54) is 4.90 Å². The topological polar surface area (TPSA) is 55.8 Å². The first-order valence-corrected chi connectivity index (χ1v) is 12.4. The molecule has 27 heavy (non-hydrogen) atoms. The van der Waals surface area contributed by atoms with Crippen molar-refractivity contribution < 1.29 is 18.8 Å². The Hall–Kier alpha value is -1.92. The lowest BCUT2D eigenvalue weighted by atomic mass is 10.2. The predicted molar refractivity (Wildman–Crippen MR) is 109 cm³/mol. The number of nitrogens with zero attached hydrogens (tertiary/aromatic N) is 1. The summed E-state index contributed by atoms with van der Waals surface area (Å²) in [4.78, 5) is 26.4. The highest BCUT2D eigenvalue weighted by atomic mass is 28.4. The molecule has 1 heterocycles. The number of ether oxygens (including phenoxy) is 1. The standard InChI is InChI=1S/C21H31NO4Si/c1-21(2,3)27(4,5)26-16-18-13-9-10-14-19(23)22(18)20(24)25-15-17-11-7-6-8-12-17/h6-9,11-13,18H,10,14-16H2,1-5H3/t18-/m1/s1. The van der Waals surface area contributed by atoms with Crippen LogP contribution in [0.25, 0.3) is 0 Å². The van der Waals surface area contributed by atoms with Gasteiger partial charge in [-0.1, -0.05) is 63.3 Å². The summed E-state index contributed by atoms with van der Waals surface area (Å²) in [6, 6.07) is 9.02. The molecule has 0 N–H and O–H groups in total. The molecular formula is C21H31NO4Si. The Labute approximate surface area is 163 Å². The third kappa shape index (κ3) is 5.78. The minimum absolute atomic E-state index is 0.0596. The van der Waals surface area contributed by atoms with E-state index in [0.29, 0.717) is 19.4 Å². The Morgan fingerprint density at radius 3 is 2.52 bits per heavy atom. The first-order chi connectivity index (χ1) is 12.6. The number of carbonyl (C=O) groups is 2. The van der Waals surface area contributed by atoms with Gasteiger partial charge in [-0.3, -0.25) is 4.79 Å². The quantitative estimate of drug-likeness (QED) is 0.531. The van der Waals surface area contributed by atoms with Crippen molar-refractivity contribution in [3.63, 3.8) is 0 Å². The van der Waals surface area contributed by atoms with Crippen LogP contribution in [0.5, 0.6) is 0 Å². The summed E-state index contributed by atoms with van der Waals surface area (Å²) in [6.07, 6.45) is 4.15. The molecule has 0 aliphatic carbocycles. The fourth-order valence-electron chi connectivity index (χ4n) is 2.52. The Balaban J connectivity index is 2.08. The zero-order valence-electron chi connectivity index (χ0n) is 17.0. The molecule has 0 unspecified atom stereocenters. The Morgan fingerprint density at radius 1 is 1.22 bits per heavy atom. The number of carbonyl (C=O) groups excluding carboxylic acids is 2. The Kier molecular flexibility index (Phi) is 7.00. The molecule has 1 aliphatic heterocycles. The Bertz CT molecular complexity index is 679. The van der Waals surface area contributed by atoms with E-state index in [4.69, 9.17) is 9.16 Å². The SMILES string of the molecule is CC(C)(C)[Si](C)(C)OC[C@H]1C=CCCC(=O)N1C(=O)OCc1ccccc1. The van der Waals surface area contributed by atoms with Crippen LogP contribution in [-0.4, -0.2) is 37.9 Å². The van der Waals surface area contributed by atoms with Crippen molar-refractivity contribution in [1.82, 2.24) is 4.90 Å². The van der Waals surface area contributed by atoms with Gasteiger partial charge in [-0.05, 0) is 30.1 Å². The highest BCUT2D eigenvalue weighted by molar-refractivity contribution is 6.74. The lowest BCUT2D eigenvalue weighted by Crippen LogP contribution is -2.49. The number of hydrogen-bond donors (Lipinski definition) is 0. The van der Waals surface area contributed by atoms with Gasteiger partial charge in [0.25, 0.3) is 0 Å². The average Bonchev–Trinajstić information content (AvgIpc) is 2.79. The molecule has 2 rings (SSSR count). The number of allylic oxidation sites excluding steroid dienone is 1. The van der Waals surface area contributed by atoms with Crippen LogP contribution in [0.4, 0.5) is 4.79 Å². The highest BCUT2D eigenvalue weighted by Crippen LogP contribution is 2.36. The summed E-state index contributed by atoms with van der Waals surface area (Å²) in [6.45, 7) is 11.3. The van der Waals surface area contributed by atoms with Gasteiger partial charge in [0.2, 0.25) is 5.91 Å². The maximum atomic E-state index is 12.7. The van der Waals surface area contributed by atoms with Crippen LogP contribution in [-0.2, 0) is 20.6 Å². The van der Waals surface area contributed by atoms with Crippen LogP contribution in [0.15, 0.2) is 42.5 Å². The van der Waals surface area contributed by atoms with E-state index in [9.17, 15) is 9.59 Å². The van der Waals surface area contributed by atoms with E-state index >= 15 is 0 Å². The van der Waals surface area contributed by atoms with Crippen LogP contribution < -0.4 is 0 Å². The molecule has 0 spiro atoms. The summed E-state index contributed by atoms with van der Waals surface area (Å²) >= 11 is 0. The smallest absolute Gasteiger partial charge is 0.417 e. The van der Waals surface area contributed by atoms with Gasteiger partial charge in [0, 0.05) is 6.42 Å². The minimum atomic E-state index is -1.99. The summed E-state index contributed by atoms with van der Waals surface area (Å²) < 4.78 is 11.7. The van der Waals surface area contributed by atoms with Crippen molar-refractivity contribution in [1.29, 1.82) is 0 Å². The van der Waals surface area contributed by atoms with Gasteiger partial charge in [0.05, 0.1) is 12.6 Å². The first-order valence-electron chi connectivity index (χ1n) is 9.45. The second-order valence-electron chi connectivity index (χ2n) is 8.41. The van der Waals surface area contributed by atoms with Crippen LogP contribution in [0.2, 0.25) is 18.1 Å². The van der Waals surface area contributed by atoms with Crippen LogP contribution in [0, 0.1) is 0 Å². The van der Waals surface area contributed by atoms with E-state index in [-0.39, 0.29) is 17.6 Å². The molecule has 1 aliphatic rings. The Morgan fingerprint density at radius 2 is 1.89 bits per heavy atom. The van der Waals surface area contributed by atoms with Crippen LogP contribution in [0.3, 0.4) is 0 Å². The maximum Gasteiger partial charge on any atom is 0.417 e. The molecular weight excluding hydrogens is 358 g/mol. The minimum Gasteiger partial charge on any atom is -0.444 e. The van der Waals surface area contributed by atoms with Crippen molar-refractivity contribution in [2.45, 2.75) is 64.4 Å². The third-order valence-electron chi connectivity index (χ3n) is 5.31. The number of rotatable bonds is 5. The van der Waals surface area contributed by atoms with Crippen molar-refractivity contribution >= 4 is 20.3 Å². The molecule has 0 saturated carbocycles. The second kappa shape index (κ2) is 8.84. The fraction of sp³-hybridized carbons (Fsp3) is 0.524. The normalized spacial score (nSPS) is 18.3. The molecule has 0 radical (unpaired) electrons. The van der Waals surface area contributed by atoms with E-state index in [1.54, 1.807) is 0 Å². The van der Waals surface area contributed by atoms with Crippen molar-refractivity contribution in [2.24, 2.45) is 0 Å². The van der Waals surface area contributed by atoms with Gasteiger partial charge in [-0.2, -0.15) is 0 Å². The van der Waals surface area contributed by atoms with Gasteiger partial charge >= 0.3 is 6.09 Å². The highest BCUT2D eigenvalue weighted by Gasteiger charge is 2.39. The number of amides is 2. The van der Waals surface area contributed by atoms with Crippen molar-refractivity contribution in [3.8, 4) is 0 Å². The summed E-state index contributed by atoms with van der Waals surface area (Å²) in [5.74, 6) is -0.220. The first kappa shape index (κ1) is 21.4. The lowest BCUT2D eigenvalue weighted by Gasteiger charge is -2.38. The second-order valence-corrected chi connectivity index (χ2v) is 13.2. The summed E-state index contributed by atoms with van der Waals surface area (Å²) in [7, 11) is -1.99. The molecule has 0 saturated heterocycles. The molecule has 6 heteroatoms. The monoisotopic (exact) mass is 389 g/mol. The van der Waals surface area contributed by atoms with E-state index < -0.39 is 20.5 Å². The van der Waals surface area contributed by atoms with Gasteiger partial charge in [0.1, 0.15) is 6.61 Å². The molecule has 0 bridgehead atoms. The zero-order chi connectivity index (χ0) is 20.1. The maximum absolute atomic E-state index is 12.7. The fourth-order valence-corrected chi connectivity index (χ4v) is 3.54. The molecule has 5 nitrogen and oxygen atoms in total. The third-order valence-corrected chi connectivity index (χ3v) is 9.81. The largest absolute Gasteiger partial charge is 0.444 e. The van der Waals surface area contributed by atoms with Gasteiger partial charge in [0.15, 0.2) is 8.32 Å². The van der Waals surface area contributed by atoms with Crippen molar-refractivity contribution in [3.05, 3.63) is 48.0 Å². The molecule has 0 fully saturated rings. The van der Waals surface area contributed by atoms with E-state index in [2.05, 4.69) is 33.9 Å². The van der Waals surface area contributed by atoms with Crippen molar-refractivity contribution in [2.75, 3.05) is 6.61 Å². The molecule has 1 atom stereocenters.